The van der Waals surface area contributed by atoms with Gasteiger partial charge in [0.25, 0.3) is 4.84 Å². The van der Waals surface area contributed by atoms with Crippen molar-refractivity contribution < 1.29 is 4.52 Å². The number of hydrogen-bond acceptors (Lipinski definition) is 4. The van der Waals surface area contributed by atoms with Crippen molar-refractivity contribution in [2.45, 2.75) is 26.7 Å². The Morgan fingerprint density at radius 1 is 1.57 bits per heavy atom. The van der Waals surface area contributed by atoms with Crippen LogP contribution in [0.1, 0.15) is 26.1 Å². The fourth-order valence-electron chi connectivity index (χ4n) is 1.55. The molecule has 4 nitrogen and oxygen atoms in total. The van der Waals surface area contributed by atoms with E-state index >= 15 is 0 Å². The Balaban J connectivity index is 2.52. The summed E-state index contributed by atoms with van der Waals surface area (Å²) in [6.07, 6.45) is 1.92. The van der Waals surface area contributed by atoms with Crippen LogP contribution in [-0.4, -0.2) is 16.7 Å². The summed E-state index contributed by atoms with van der Waals surface area (Å²) in [6.45, 7) is 5.05. The summed E-state index contributed by atoms with van der Waals surface area (Å²) >= 11 is 4.79. The summed E-state index contributed by atoms with van der Waals surface area (Å²) in [7, 11) is 0. The summed E-state index contributed by atoms with van der Waals surface area (Å²) in [5.74, 6) is 1.90. The highest BCUT2D eigenvalue weighted by molar-refractivity contribution is 7.71. The Morgan fingerprint density at radius 3 is 2.71 bits per heavy atom. The summed E-state index contributed by atoms with van der Waals surface area (Å²) in [4.78, 5) is 3.23. The van der Waals surface area contributed by atoms with Gasteiger partial charge in [-0.3, -0.25) is 4.98 Å². The highest BCUT2D eigenvalue weighted by atomic mass is 32.1. The zero-order chi connectivity index (χ0) is 10.6. The third kappa shape index (κ3) is 3.59. The van der Waals surface area contributed by atoms with Gasteiger partial charge in [0.15, 0.2) is 0 Å². The number of hydrogen-bond donors (Lipinski definition) is 2. The van der Waals surface area contributed by atoms with Crippen LogP contribution in [-0.2, 0) is 6.42 Å². The van der Waals surface area contributed by atoms with Crippen LogP contribution in [0.5, 0.6) is 0 Å². The van der Waals surface area contributed by atoms with Crippen molar-refractivity contribution in [3.05, 3.63) is 10.7 Å². The molecule has 0 bridgehead atoms. The predicted molar refractivity (Wildman–Crippen MR) is 57.4 cm³/mol. The average molecular weight is 215 g/mol. The maximum Gasteiger partial charge on any atom is 0.294 e. The van der Waals surface area contributed by atoms with Gasteiger partial charge in [-0.2, -0.15) is 0 Å². The van der Waals surface area contributed by atoms with Crippen molar-refractivity contribution in [3.8, 4) is 0 Å². The molecule has 0 aliphatic heterocycles. The Kier molecular flexibility index (Phi) is 4.28. The number of nitrogens with two attached hydrogens (primary N) is 1. The first-order chi connectivity index (χ1) is 6.61. The van der Waals surface area contributed by atoms with Gasteiger partial charge in [0.1, 0.15) is 5.82 Å². The molecule has 0 aliphatic rings. The minimum absolute atomic E-state index is 0.334. The van der Waals surface area contributed by atoms with Crippen molar-refractivity contribution >= 4 is 12.2 Å². The summed E-state index contributed by atoms with van der Waals surface area (Å²) < 4.78 is 4.78. The summed E-state index contributed by atoms with van der Waals surface area (Å²) in [5.41, 5.74) is 5.68. The van der Waals surface area contributed by atoms with E-state index in [1.54, 1.807) is 0 Å². The lowest BCUT2D eigenvalue weighted by atomic mass is 9.94. The third-order valence-corrected chi connectivity index (χ3v) is 2.28. The quantitative estimate of drug-likeness (QED) is 0.736. The lowest BCUT2D eigenvalue weighted by Crippen LogP contribution is -2.19. The van der Waals surface area contributed by atoms with E-state index in [1.165, 1.54) is 0 Å². The van der Waals surface area contributed by atoms with Gasteiger partial charge >= 0.3 is 0 Å². The summed E-state index contributed by atoms with van der Waals surface area (Å²) in [6, 6.07) is 0. The zero-order valence-corrected chi connectivity index (χ0v) is 9.43. The molecule has 0 radical (unpaired) electrons. The van der Waals surface area contributed by atoms with Crippen LogP contribution in [0.2, 0.25) is 0 Å². The molecule has 3 N–H and O–H groups in total. The molecule has 1 rings (SSSR count). The van der Waals surface area contributed by atoms with Crippen LogP contribution >= 0.6 is 12.2 Å². The van der Waals surface area contributed by atoms with Gasteiger partial charge in [0, 0.05) is 6.42 Å². The van der Waals surface area contributed by atoms with Crippen molar-refractivity contribution in [2.24, 2.45) is 17.6 Å². The smallest absolute Gasteiger partial charge is 0.294 e. The Hall–Kier alpha value is -0.680. The first kappa shape index (κ1) is 11.4. The van der Waals surface area contributed by atoms with Crippen LogP contribution in [0.3, 0.4) is 0 Å². The number of aromatic amines is 1. The number of H-pyrrole nitrogens is 1. The topological polar surface area (TPSA) is 67.8 Å². The van der Waals surface area contributed by atoms with Crippen LogP contribution in [0.15, 0.2) is 4.52 Å². The van der Waals surface area contributed by atoms with Crippen molar-refractivity contribution in [1.82, 2.24) is 10.1 Å². The molecule has 1 heterocycles. The number of nitrogens with one attached hydrogen (secondary N) is 1. The Bertz CT molecular complexity index is 318. The lowest BCUT2D eigenvalue weighted by molar-refractivity contribution is 0.377. The second kappa shape index (κ2) is 5.26. The minimum Gasteiger partial charge on any atom is -0.330 e. The fourth-order valence-corrected chi connectivity index (χ4v) is 1.71. The SMILES string of the molecule is CC(C)CC(CN)Cc1noc(=S)[nH]1. The summed E-state index contributed by atoms with van der Waals surface area (Å²) in [5, 5.41) is 3.82. The first-order valence-corrected chi connectivity index (χ1v) is 5.27. The molecular weight excluding hydrogens is 198 g/mol. The molecule has 0 amide bonds. The highest BCUT2D eigenvalue weighted by Crippen LogP contribution is 2.14. The molecule has 5 heteroatoms. The third-order valence-electron chi connectivity index (χ3n) is 2.11. The van der Waals surface area contributed by atoms with Crippen LogP contribution in [0.4, 0.5) is 0 Å². The van der Waals surface area contributed by atoms with Crippen molar-refractivity contribution in [1.29, 1.82) is 0 Å². The van der Waals surface area contributed by atoms with E-state index in [-0.39, 0.29) is 0 Å². The van der Waals surface area contributed by atoms with Crippen LogP contribution in [0.25, 0.3) is 0 Å². The monoisotopic (exact) mass is 215 g/mol. The molecule has 1 aromatic heterocycles. The lowest BCUT2D eigenvalue weighted by Gasteiger charge is -2.14. The highest BCUT2D eigenvalue weighted by Gasteiger charge is 2.12. The van der Waals surface area contributed by atoms with Gasteiger partial charge in [0.2, 0.25) is 0 Å². The van der Waals surface area contributed by atoms with E-state index in [9.17, 15) is 0 Å². The zero-order valence-electron chi connectivity index (χ0n) is 8.62. The minimum atomic E-state index is 0.334. The molecule has 0 aliphatic carbocycles. The van der Waals surface area contributed by atoms with E-state index in [2.05, 4.69) is 24.0 Å². The molecular formula is C9H17N3OS. The van der Waals surface area contributed by atoms with E-state index in [1.807, 2.05) is 0 Å². The van der Waals surface area contributed by atoms with Crippen molar-refractivity contribution in [3.63, 3.8) is 0 Å². The molecule has 0 saturated heterocycles. The van der Waals surface area contributed by atoms with Crippen LogP contribution < -0.4 is 5.73 Å². The number of rotatable bonds is 5. The van der Waals surface area contributed by atoms with E-state index in [4.69, 9.17) is 22.5 Å². The molecule has 1 aromatic rings. The average Bonchev–Trinajstić information content (AvgIpc) is 2.49. The molecule has 0 saturated carbocycles. The second-order valence-electron chi connectivity index (χ2n) is 3.98. The predicted octanol–water partition coefficient (Wildman–Crippen LogP) is 1.90. The van der Waals surface area contributed by atoms with E-state index < -0.39 is 0 Å². The molecule has 0 spiro atoms. The van der Waals surface area contributed by atoms with Crippen LogP contribution in [0, 0.1) is 16.7 Å². The van der Waals surface area contributed by atoms with Gasteiger partial charge < -0.3 is 10.3 Å². The molecule has 0 aromatic carbocycles. The van der Waals surface area contributed by atoms with Gasteiger partial charge in [-0.15, -0.1) is 0 Å². The molecule has 80 valence electrons. The molecule has 14 heavy (non-hydrogen) atoms. The van der Waals surface area contributed by atoms with E-state index in [0.717, 1.165) is 18.7 Å². The number of aromatic nitrogens is 2. The molecule has 0 fully saturated rings. The fraction of sp³-hybridized carbons (Fsp3) is 0.778. The molecule has 1 unspecified atom stereocenters. The normalized spacial score (nSPS) is 13.4. The van der Waals surface area contributed by atoms with Crippen molar-refractivity contribution in [2.75, 3.05) is 6.54 Å². The number of nitrogens with zero attached hydrogens (tertiary/aromatic N) is 1. The van der Waals surface area contributed by atoms with Gasteiger partial charge in [-0.1, -0.05) is 19.0 Å². The standard InChI is InChI=1S/C9H17N3OS/c1-6(2)3-7(5-10)4-8-11-9(14)13-12-8/h6-7H,3-5,10H2,1-2H3,(H,11,12,14). The maximum atomic E-state index is 5.68. The van der Waals surface area contributed by atoms with Gasteiger partial charge in [0.05, 0.1) is 0 Å². The largest absolute Gasteiger partial charge is 0.330 e. The van der Waals surface area contributed by atoms with E-state index in [0.29, 0.717) is 23.2 Å². The second-order valence-corrected chi connectivity index (χ2v) is 4.35. The van der Waals surface area contributed by atoms with Gasteiger partial charge in [-0.25, -0.2) is 0 Å². The first-order valence-electron chi connectivity index (χ1n) is 4.86. The van der Waals surface area contributed by atoms with Gasteiger partial charge in [-0.05, 0) is 37.0 Å². The Labute approximate surface area is 88.9 Å². The molecule has 1 atom stereocenters. The Morgan fingerprint density at radius 2 is 2.29 bits per heavy atom. The maximum absolute atomic E-state index is 5.68.